The van der Waals surface area contributed by atoms with Crippen LogP contribution in [0.4, 0.5) is 0 Å². The van der Waals surface area contributed by atoms with Gasteiger partial charge in [-0.05, 0) is 17.7 Å². The van der Waals surface area contributed by atoms with Gasteiger partial charge in [-0.3, -0.25) is 0 Å². The van der Waals surface area contributed by atoms with E-state index < -0.39 is 0 Å². The first-order chi connectivity index (χ1) is 8.78. The zero-order chi connectivity index (χ0) is 12.5. The standard InChI is InChI=1S/C12H12N2O3S/c15-6-9-4-13-12(18)14(9)5-8-1-2-10-11(3-8)17-7-16-10/h1-4,15H,5-7H2,(H,13,18). The Balaban J connectivity index is 1.90. The van der Waals surface area contributed by atoms with Crippen molar-refractivity contribution in [3.05, 3.63) is 35.7 Å². The lowest BCUT2D eigenvalue weighted by molar-refractivity contribution is 0.174. The fourth-order valence-electron chi connectivity index (χ4n) is 1.92. The second-order valence-electron chi connectivity index (χ2n) is 3.98. The molecule has 1 aliphatic heterocycles. The van der Waals surface area contributed by atoms with Gasteiger partial charge in [0, 0.05) is 0 Å². The minimum absolute atomic E-state index is 0.0574. The van der Waals surface area contributed by atoms with Gasteiger partial charge in [0.15, 0.2) is 16.7 Å². The van der Waals surface area contributed by atoms with Crippen molar-refractivity contribution in [1.29, 1.82) is 0 Å². The summed E-state index contributed by atoms with van der Waals surface area (Å²) in [7, 11) is 0. The van der Waals surface area contributed by atoms with Crippen LogP contribution < -0.4 is 9.47 Å². The van der Waals surface area contributed by atoms with E-state index in [1.54, 1.807) is 6.20 Å². The highest BCUT2D eigenvalue weighted by Gasteiger charge is 2.14. The number of imidazole rings is 1. The number of ether oxygens (including phenoxy) is 2. The van der Waals surface area contributed by atoms with Gasteiger partial charge in [-0.2, -0.15) is 0 Å². The Morgan fingerprint density at radius 1 is 1.33 bits per heavy atom. The number of aliphatic hydroxyl groups is 1. The van der Waals surface area contributed by atoms with Crippen molar-refractivity contribution in [2.45, 2.75) is 18.3 Å². The molecule has 0 fully saturated rings. The summed E-state index contributed by atoms with van der Waals surface area (Å²) in [6.45, 7) is 0.799. The number of thiol groups is 1. The lowest BCUT2D eigenvalue weighted by Crippen LogP contribution is -2.05. The molecule has 0 spiro atoms. The largest absolute Gasteiger partial charge is 0.454 e. The number of nitrogens with zero attached hydrogens (tertiary/aromatic N) is 2. The molecule has 0 saturated heterocycles. The molecule has 0 atom stereocenters. The van der Waals surface area contributed by atoms with Gasteiger partial charge in [0.1, 0.15) is 0 Å². The van der Waals surface area contributed by atoms with E-state index in [1.165, 1.54) is 0 Å². The van der Waals surface area contributed by atoms with Crippen LogP contribution in [0.25, 0.3) is 0 Å². The summed E-state index contributed by atoms with van der Waals surface area (Å²) in [5.74, 6) is 1.51. The molecule has 0 aliphatic carbocycles. The molecule has 5 nitrogen and oxygen atoms in total. The Morgan fingerprint density at radius 2 is 2.17 bits per heavy atom. The number of rotatable bonds is 3. The molecule has 0 saturated carbocycles. The van der Waals surface area contributed by atoms with Crippen LogP contribution in [0.1, 0.15) is 11.3 Å². The Kier molecular flexibility index (Phi) is 2.89. The fraction of sp³-hybridized carbons (Fsp3) is 0.250. The Morgan fingerprint density at radius 3 is 3.00 bits per heavy atom. The molecular formula is C12H12N2O3S. The third-order valence-electron chi connectivity index (χ3n) is 2.86. The summed E-state index contributed by atoms with van der Waals surface area (Å²) in [4.78, 5) is 4.07. The number of aromatic nitrogens is 2. The molecule has 94 valence electrons. The average Bonchev–Trinajstić information content (AvgIpc) is 2.97. The number of aliphatic hydroxyl groups excluding tert-OH is 1. The van der Waals surface area contributed by atoms with E-state index >= 15 is 0 Å². The van der Waals surface area contributed by atoms with Gasteiger partial charge in [-0.1, -0.05) is 6.07 Å². The van der Waals surface area contributed by atoms with Crippen LogP contribution >= 0.6 is 12.6 Å². The lowest BCUT2D eigenvalue weighted by Gasteiger charge is -2.09. The van der Waals surface area contributed by atoms with Gasteiger partial charge >= 0.3 is 0 Å². The van der Waals surface area contributed by atoms with Crippen LogP contribution in [0.15, 0.2) is 29.6 Å². The predicted molar refractivity (Wildman–Crippen MR) is 67.1 cm³/mol. The second-order valence-corrected chi connectivity index (χ2v) is 4.38. The maximum Gasteiger partial charge on any atom is 0.231 e. The summed E-state index contributed by atoms with van der Waals surface area (Å²) in [5.41, 5.74) is 1.78. The molecule has 2 heterocycles. The zero-order valence-corrected chi connectivity index (χ0v) is 10.4. The second kappa shape index (κ2) is 4.55. The van der Waals surface area contributed by atoms with Gasteiger partial charge in [-0.15, -0.1) is 12.6 Å². The first kappa shape index (κ1) is 11.4. The highest BCUT2D eigenvalue weighted by molar-refractivity contribution is 7.80. The predicted octanol–water partition coefficient (Wildman–Crippen LogP) is 1.44. The molecule has 0 radical (unpaired) electrons. The van der Waals surface area contributed by atoms with Crippen LogP contribution in [0, 0.1) is 0 Å². The van der Waals surface area contributed by atoms with Crippen molar-refractivity contribution in [2.24, 2.45) is 0 Å². The summed E-state index contributed by atoms with van der Waals surface area (Å²) in [6, 6.07) is 5.77. The van der Waals surface area contributed by atoms with E-state index in [0.717, 1.165) is 22.8 Å². The summed E-state index contributed by atoms with van der Waals surface area (Å²) >= 11 is 4.27. The molecule has 6 heteroatoms. The number of hydrogen-bond acceptors (Lipinski definition) is 5. The van der Waals surface area contributed by atoms with Crippen LogP contribution in [0.3, 0.4) is 0 Å². The van der Waals surface area contributed by atoms with E-state index in [-0.39, 0.29) is 13.4 Å². The number of benzene rings is 1. The van der Waals surface area contributed by atoms with Crippen molar-refractivity contribution < 1.29 is 14.6 Å². The minimum Gasteiger partial charge on any atom is -0.454 e. The molecular weight excluding hydrogens is 252 g/mol. The van der Waals surface area contributed by atoms with Crippen molar-refractivity contribution in [2.75, 3.05) is 6.79 Å². The molecule has 0 amide bonds. The summed E-state index contributed by atoms with van der Waals surface area (Å²) < 4.78 is 12.4. The maximum absolute atomic E-state index is 9.23. The van der Waals surface area contributed by atoms with Crippen LogP contribution in [-0.4, -0.2) is 21.5 Å². The van der Waals surface area contributed by atoms with E-state index in [0.29, 0.717) is 11.7 Å². The highest BCUT2D eigenvalue weighted by atomic mass is 32.1. The first-order valence-corrected chi connectivity index (χ1v) is 5.95. The molecule has 1 aromatic carbocycles. The topological polar surface area (TPSA) is 56.5 Å². The molecule has 2 aromatic rings. The van der Waals surface area contributed by atoms with Gasteiger partial charge in [0.2, 0.25) is 6.79 Å². The normalized spacial score (nSPS) is 13.0. The van der Waals surface area contributed by atoms with Crippen molar-refractivity contribution in [3.63, 3.8) is 0 Å². The Labute approximate surface area is 109 Å². The molecule has 1 aliphatic rings. The molecule has 3 rings (SSSR count). The quantitative estimate of drug-likeness (QED) is 0.824. The smallest absolute Gasteiger partial charge is 0.231 e. The molecule has 1 aromatic heterocycles. The zero-order valence-electron chi connectivity index (χ0n) is 9.54. The van der Waals surface area contributed by atoms with Gasteiger partial charge < -0.3 is 19.1 Å². The third kappa shape index (κ3) is 1.93. The Bertz CT molecular complexity index is 583. The summed E-state index contributed by atoms with van der Waals surface area (Å²) in [5, 5.41) is 9.81. The average molecular weight is 264 g/mol. The lowest BCUT2D eigenvalue weighted by atomic mass is 10.2. The summed E-state index contributed by atoms with van der Waals surface area (Å²) in [6.07, 6.45) is 1.62. The highest BCUT2D eigenvalue weighted by Crippen LogP contribution is 2.32. The third-order valence-corrected chi connectivity index (χ3v) is 3.21. The SMILES string of the molecule is OCc1cnc(S)n1Cc1ccc2c(c1)OCO2. The van der Waals surface area contributed by atoms with Gasteiger partial charge in [0.05, 0.1) is 25.0 Å². The molecule has 0 bridgehead atoms. The van der Waals surface area contributed by atoms with E-state index in [9.17, 15) is 5.11 Å². The molecule has 18 heavy (non-hydrogen) atoms. The molecule has 0 unspecified atom stereocenters. The van der Waals surface area contributed by atoms with E-state index in [2.05, 4.69) is 17.6 Å². The van der Waals surface area contributed by atoms with Gasteiger partial charge in [0.25, 0.3) is 0 Å². The van der Waals surface area contributed by atoms with Crippen LogP contribution in [0.2, 0.25) is 0 Å². The molecule has 1 N–H and O–H groups in total. The van der Waals surface area contributed by atoms with E-state index in [4.69, 9.17) is 9.47 Å². The maximum atomic E-state index is 9.23. The van der Waals surface area contributed by atoms with Crippen LogP contribution in [-0.2, 0) is 13.2 Å². The van der Waals surface area contributed by atoms with Crippen molar-refractivity contribution >= 4 is 12.6 Å². The minimum atomic E-state index is -0.0574. The monoisotopic (exact) mass is 264 g/mol. The van der Waals surface area contributed by atoms with Gasteiger partial charge in [-0.25, -0.2) is 4.98 Å². The Hall–Kier alpha value is -1.66. The van der Waals surface area contributed by atoms with Crippen molar-refractivity contribution in [1.82, 2.24) is 9.55 Å². The number of fused-ring (bicyclic) bond motifs is 1. The fourth-order valence-corrected chi connectivity index (χ4v) is 2.18. The van der Waals surface area contributed by atoms with Crippen molar-refractivity contribution in [3.8, 4) is 11.5 Å². The first-order valence-electron chi connectivity index (χ1n) is 5.50. The van der Waals surface area contributed by atoms with Crippen LogP contribution in [0.5, 0.6) is 11.5 Å². The number of hydrogen-bond donors (Lipinski definition) is 2. The van der Waals surface area contributed by atoms with E-state index in [1.807, 2.05) is 22.8 Å².